The molecular formula is C11H11Cl2N3O2S. The Bertz CT molecular complexity index is 698. The van der Waals surface area contributed by atoms with E-state index in [4.69, 9.17) is 23.2 Å². The van der Waals surface area contributed by atoms with Crippen LogP contribution in [0.4, 0.5) is 5.82 Å². The fraction of sp³-hybridized carbons (Fsp3) is 0.182. The van der Waals surface area contributed by atoms with Gasteiger partial charge in [-0.25, -0.2) is 8.42 Å². The number of halogens is 2. The van der Waals surface area contributed by atoms with Crippen LogP contribution in [0.15, 0.2) is 29.3 Å². The molecule has 0 saturated heterocycles. The maximum Gasteiger partial charge on any atom is 0.263 e. The molecule has 102 valence electrons. The van der Waals surface area contributed by atoms with Gasteiger partial charge in [-0.3, -0.25) is 9.82 Å². The number of H-pyrrole nitrogens is 1. The maximum absolute atomic E-state index is 12.2. The van der Waals surface area contributed by atoms with Crippen LogP contribution >= 0.6 is 23.2 Å². The summed E-state index contributed by atoms with van der Waals surface area (Å²) >= 11 is 11.6. The zero-order valence-corrected chi connectivity index (χ0v) is 12.3. The summed E-state index contributed by atoms with van der Waals surface area (Å²) in [4.78, 5) is 0.0403. The van der Waals surface area contributed by atoms with Gasteiger partial charge in [0.25, 0.3) is 10.0 Å². The Morgan fingerprint density at radius 2 is 2.05 bits per heavy atom. The minimum atomic E-state index is -3.72. The SMILES string of the molecule is CCc1cn[nH]c1NS(=O)(=O)c1ccc(Cl)c(Cl)c1. The molecule has 2 rings (SSSR count). The summed E-state index contributed by atoms with van der Waals surface area (Å²) in [5, 5.41) is 6.90. The van der Waals surface area contributed by atoms with Gasteiger partial charge in [-0.15, -0.1) is 0 Å². The third-order valence-corrected chi connectivity index (χ3v) is 4.62. The van der Waals surface area contributed by atoms with Crippen molar-refractivity contribution in [3.63, 3.8) is 0 Å². The summed E-state index contributed by atoms with van der Waals surface area (Å²) in [6.07, 6.45) is 2.24. The Kier molecular flexibility index (Phi) is 4.03. The van der Waals surface area contributed by atoms with Gasteiger partial charge in [0.1, 0.15) is 5.82 Å². The maximum atomic E-state index is 12.2. The lowest BCUT2D eigenvalue weighted by atomic mass is 10.3. The number of aryl methyl sites for hydroxylation is 1. The molecule has 5 nitrogen and oxygen atoms in total. The van der Waals surface area contributed by atoms with Crippen molar-refractivity contribution in [2.24, 2.45) is 0 Å². The fourth-order valence-corrected chi connectivity index (χ4v) is 2.95. The first-order chi connectivity index (χ1) is 8.94. The largest absolute Gasteiger partial charge is 0.264 e. The first-order valence-electron chi connectivity index (χ1n) is 5.44. The molecule has 0 aliphatic carbocycles. The lowest BCUT2D eigenvalue weighted by molar-refractivity contribution is 0.601. The van der Waals surface area contributed by atoms with E-state index >= 15 is 0 Å². The van der Waals surface area contributed by atoms with Crippen molar-refractivity contribution < 1.29 is 8.42 Å². The zero-order chi connectivity index (χ0) is 14.0. The van der Waals surface area contributed by atoms with E-state index in [9.17, 15) is 8.42 Å². The molecule has 2 N–H and O–H groups in total. The summed E-state index contributed by atoms with van der Waals surface area (Å²) < 4.78 is 26.8. The summed E-state index contributed by atoms with van der Waals surface area (Å²) in [7, 11) is -3.72. The van der Waals surface area contributed by atoms with Gasteiger partial charge < -0.3 is 0 Å². The summed E-state index contributed by atoms with van der Waals surface area (Å²) in [6.45, 7) is 1.90. The molecule has 8 heteroatoms. The van der Waals surface area contributed by atoms with Crippen molar-refractivity contribution in [2.75, 3.05) is 4.72 Å². The number of hydrogen-bond donors (Lipinski definition) is 2. The lowest BCUT2D eigenvalue weighted by Gasteiger charge is -2.08. The number of aromatic nitrogens is 2. The van der Waals surface area contributed by atoms with E-state index in [1.54, 1.807) is 6.20 Å². The molecule has 0 atom stereocenters. The van der Waals surface area contributed by atoms with Gasteiger partial charge in [0.15, 0.2) is 0 Å². The molecule has 1 aromatic heterocycles. The highest BCUT2D eigenvalue weighted by Crippen LogP contribution is 2.26. The number of anilines is 1. The van der Waals surface area contributed by atoms with Gasteiger partial charge in [0.2, 0.25) is 0 Å². The van der Waals surface area contributed by atoms with Crippen LogP contribution < -0.4 is 4.72 Å². The third kappa shape index (κ3) is 3.02. The van der Waals surface area contributed by atoms with Crippen molar-refractivity contribution in [1.82, 2.24) is 10.2 Å². The quantitative estimate of drug-likeness (QED) is 0.909. The molecule has 0 aliphatic rings. The highest BCUT2D eigenvalue weighted by atomic mass is 35.5. The molecule has 19 heavy (non-hydrogen) atoms. The Labute approximate surface area is 121 Å². The Hall–Kier alpha value is -1.24. The molecule has 0 spiro atoms. The van der Waals surface area contributed by atoms with E-state index in [-0.39, 0.29) is 9.92 Å². The first-order valence-corrected chi connectivity index (χ1v) is 7.68. The second-order valence-electron chi connectivity index (χ2n) is 3.81. The van der Waals surface area contributed by atoms with Crippen LogP contribution in [0, 0.1) is 0 Å². The number of rotatable bonds is 4. The molecule has 0 radical (unpaired) electrons. The Morgan fingerprint density at radius 3 is 2.68 bits per heavy atom. The minimum Gasteiger partial charge on any atom is -0.264 e. The molecular weight excluding hydrogens is 309 g/mol. The zero-order valence-electron chi connectivity index (χ0n) is 9.94. The smallest absolute Gasteiger partial charge is 0.263 e. The molecule has 0 amide bonds. The average Bonchev–Trinajstić information content (AvgIpc) is 2.79. The van der Waals surface area contributed by atoms with E-state index < -0.39 is 10.0 Å². The first kappa shape index (κ1) is 14.2. The number of hydrogen-bond acceptors (Lipinski definition) is 3. The van der Waals surface area contributed by atoms with Gasteiger partial charge >= 0.3 is 0 Å². The van der Waals surface area contributed by atoms with Crippen molar-refractivity contribution in [3.8, 4) is 0 Å². The summed E-state index contributed by atoms with van der Waals surface area (Å²) in [5.41, 5.74) is 0.781. The van der Waals surface area contributed by atoms with E-state index in [0.29, 0.717) is 17.3 Å². The van der Waals surface area contributed by atoms with Crippen LogP contribution in [0.25, 0.3) is 0 Å². The minimum absolute atomic E-state index is 0.0403. The summed E-state index contributed by atoms with van der Waals surface area (Å²) in [5.74, 6) is 0.355. The van der Waals surface area contributed by atoms with Crippen molar-refractivity contribution in [3.05, 3.63) is 40.0 Å². The van der Waals surface area contributed by atoms with E-state index in [1.165, 1.54) is 18.2 Å². The van der Waals surface area contributed by atoms with Gasteiger partial charge in [0, 0.05) is 5.56 Å². The molecule has 0 fully saturated rings. The predicted octanol–water partition coefficient (Wildman–Crippen LogP) is 3.08. The predicted molar refractivity (Wildman–Crippen MR) is 75.2 cm³/mol. The van der Waals surface area contributed by atoms with E-state index in [0.717, 1.165) is 5.56 Å². The van der Waals surface area contributed by atoms with Gasteiger partial charge in [-0.05, 0) is 24.6 Å². The Morgan fingerprint density at radius 1 is 1.32 bits per heavy atom. The van der Waals surface area contributed by atoms with Crippen molar-refractivity contribution in [1.29, 1.82) is 0 Å². The normalized spacial score (nSPS) is 11.5. The average molecular weight is 320 g/mol. The van der Waals surface area contributed by atoms with Crippen LogP contribution in [0.5, 0.6) is 0 Å². The molecule has 0 saturated carbocycles. The second-order valence-corrected chi connectivity index (χ2v) is 6.30. The highest BCUT2D eigenvalue weighted by Gasteiger charge is 2.17. The van der Waals surface area contributed by atoms with Crippen LogP contribution in [0.3, 0.4) is 0 Å². The third-order valence-electron chi connectivity index (χ3n) is 2.54. The fourth-order valence-electron chi connectivity index (χ4n) is 1.50. The summed E-state index contributed by atoms with van der Waals surface area (Å²) in [6, 6.07) is 4.12. The number of nitrogens with zero attached hydrogens (tertiary/aromatic N) is 1. The highest BCUT2D eigenvalue weighted by molar-refractivity contribution is 7.92. The van der Waals surface area contributed by atoms with Gasteiger partial charge in [0.05, 0.1) is 21.1 Å². The second kappa shape index (κ2) is 5.40. The Balaban J connectivity index is 2.35. The number of nitrogens with one attached hydrogen (secondary N) is 2. The topological polar surface area (TPSA) is 74.8 Å². The monoisotopic (exact) mass is 319 g/mol. The van der Waals surface area contributed by atoms with Crippen LogP contribution in [-0.2, 0) is 16.4 Å². The van der Waals surface area contributed by atoms with Gasteiger partial charge in [-0.2, -0.15) is 5.10 Å². The number of benzene rings is 1. The van der Waals surface area contributed by atoms with E-state index in [2.05, 4.69) is 14.9 Å². The van der Waals surface area contributed by atoms with Crippen LogP contribution in [0.2, 0.25) is 10.0 Å². The molecule has 0 bridgehead atoms. The number of aromatic amines is 1. The van der Waals surface area contributed by atoms with Crippen LogP contribution in [-0.4, -0.2) is 18.6 Å². The molecule has 2 aromatic rings. The standard InChI is InChI=1S/C11H11Cl2N3O2S/c1-2-7-6-14-15-11(7)16-19(17,18)8-3-4-9(12)10(13)5-8/h3-6H,2H2,1H3,(H2,14,15,16). The number of sulfonamides is 1. The van der Waals surface area contributed by atoms with Crippen molar-refractivity contribution >= 4 is 39.0 Å². The molecule has 0 unspecified atom stereocenters. The lowest BCUT2D eigenvalue weighted by Crippen LogP contribution is -2.14. The van der Waals surface area contributed by atoms with Crippen LogP contribution in [0.1, 0.15) is 12.5 Å². The molecule has 1 aromatic carbocycles. The van der Waals surface area contributed by atoms with E-state index in [1.807, 2.05) is 6.92 Å². The molecule has 0 aliphatic heterocycles. The molecule has 1 heterocycles. The van der Waals surface area contributed by atoms with Gasteiger partial charge in [-0.1, -0.05) is 30.1 Å². The van der Waals surface area contributed by atoms with Crippen molar-refractivity contribution in [2.45, 2.75) is 18.2 Å².